The third-order valence-corrected chi connectivity index (χ3v) is 7.21. The second-order valence-electron chi connectivity index (χ2n) is 9.21. The van der Waals surface area contributed by atoms with Crippen molar-refractivity contribution in [3.8, 4) is 11.3 Å². The Morgan fingerprint density at radius 1 is 1.12 bits per heavy atom. The number of sulfonamides is 1. The summed E-state index contributed by atoms with van der Waals surface area (Å²) in [5.74, 6) is -2.49. The maximum Gasteiger partial charge on any atom is 0.338 e. The lowest BCUT2D eigenvalue weighted by Gasteiger charge is -2.29. The SMILES string of the molecule is CCCCC[C@@H](C(=O)NCNC(=O)c1cccc(-c2cc(C(=O)OCC)cc(S(N)(=O)=O)c2)n1)[C@@H](CC)N(O)C=O. The van der Waals surface area contributed by atoms with Gasteiger partial charge in [-0.25, -0.2) is 28.4 Å². The zero-order chi connectivity index (χ0) is 30.6. The van der Waals surface area contributed by atoms with E-state index in [2.05, 4.69) is 15.6 Å². The third kappa shape index (κ3) is 9.62. The van der Waals surface area contributed by atoms with Gasteiger partial charge in [-0.3, -0.25) is 19.6 Å². The van der Waals surface area contributed by atoms with Gasteiger partial charge in [-0.15, -0.1) is 0 Å². The van der Waals surface area contributed by atoms with Crippen LogP contribution in [-0.2, 0) is 24.3 Å². The van der Waals surface area contributed by atoms with Crippen LogP contribution in [0.2, 0.25) is 0 Å². The molecule has 14 heteroatoms. The van der Waals surface area contributed by atoms with Crippen molar-refractivity contribution in [3.05, 3.63) is 47.7 Å². The molecule has 0 fully saturated rings. The smallest absolute Gasteiger partial charge is 0.338 e. The van der Waals surface area contributed by atoms with E-state index in [1.807, 2.05) is 6.92 Å². The summed E-state index contributed by atoms with van der Waals surface area (Å²) < 4.78 is 29.0. The fourth-order valence-electron chi connectivity index (χ4n) is 4.25. The molecule has 0 radical (unpaired) electrons. The lowest BCUT2D eigenvalue weighted by atomic mass is 9.90. The van der Waals surface area contributed by atoms with Crippen LogP contribution in [0, 0.1) is 5.92 Å². The van der Waals surface area contributed by atoms with Crippen LogP contribution in [0.25, 0.3) is 11.3 Å². The zero-order valence-corrected chi connectivity index (χ0v) is 24.1. The maximum absolute atomic E-state index is 12.9. The molecule has 1 heterocycles. The Balaban J connectivity index is 2.20. The Kier molecular flexibility index (Phi) is 12.8. The average molecular weight is 592 g/mol. The molecule has 13 nitrogen and oxygen atoms in total. The number of nitrogens with two attached hydrogens (primary N) is 1. The standard InChI is InChI=1S/C27H37N5O8S/c1-4-7-8-10-21(24(5-2)32(37)17-33)25(34)29-16-30-26(35)23-12-9-11-22(31-23)18-13-19(27(36)40-6-3)15-20(14-18)41(28,38)39/h9,11-15,17,21,24,37H,4-8,10,16H2,1-3H3,(H,29,34)(H,30,35)(H2,28,38,39)/t21-,24-/m1/s1. The minimum absolute atomic E-state index is 0.0381. The molecule has 0 aliphatic carbocycles. The van der Waals surface area contributed by atoms with Crippen LogP contribution >= 0.6 is 0 Å². The van der Waals surface area contributed by atoms with Gasteiger partial charge in [-0.05, 0) is 50.1 Å². The number of carbonyl (C=O) groups excluding carboxylic acids is 4. The second kappa shape index (κ2) is 15.8. The summed E-state index contributed by atoms with van der Waals surface area (Å²) in [5, 5.41) is 20.9. The highest BCUT2D eigenvalue weighted by molar-refractivity contribution is 7.89. The molecule has 2 rings (SSSR count). The number of hydrogen-bond donors (Lipinski definition) is 4. The first-order chi connectivity index (χ1) is 19.5. The lowest BCUT2D eigenvalue weighted by Crippen LogP contribution is -2.47. The van der Waals surface area contributed by atoms with Gasteiger partial charge in [-0.2, -0.15) is 0 Å². The number of primary sulfonamides is 1. The summed E-state index contributed by atoms with van der Waals surface area (Å²) in [4.78, 5) is 53.1. The average Bonchev–Trinajstić information content (AvgIpc) is 2.95. The number of nitrogens with zero attached hydrogens (tertiary/aromatic N) is 2. The van der Waals surface area contributed by atoms with Gasteiger partial charge < -0.3 is 15.4 Å². The van der Waals surface area contributed by atoms with E-state index in [4.69, 9.17) is 9.88 Å². The Bertz CT molecular complexity index is 1330. The molecule has 0 spiro atoms. The van der Waals surface area contributed by atoms with Gasteiger partial charge in [0, 0.05) is 5.56 Å². The molecule has 0 aliphatic rings. The van der Waals surface area contributed by atoms with Gasteiger partial charge in [0.2, 0.25) is 22.3 Å². The minimum atomic E-state index is -4.17. The molecule has 0 saturated heterocycles. The number of rotatable bonds is 16. The highest BCUT2D eigenvalue weighted by Crippen LogP contribution is 2.24. The normalized spacial score (nSPS) is 12.6. The molecule has 1 aromatic heterocycles. The highest BCUT2D eigenvalue weighted by Gasteiger charge is 2.30. The third-order valence-electron chi connectivity index (χ3n) is 6.32. The van der Waals surface area contributed by atoms with Crippen LogP contribution in [0.5, 0.6) is 0 Å². The van der Waals surface area contributed by atoms with Crippen molar-refractivity contribution >= 4 is 34.2 Å². The van der Waals surface area contributed by atoms with E-state index < -0.39 is 39.8 Å². The summed E-state index contributed by atoms with van der Waals surface area (Å²) in [5.41, 5.74) is 0.315. The summed E-state index contributed by atoms with van der Waals surface area (Å²) in [6, 6.07) is 7.46. The summed E-state index contributed by atoms with van der Waals surface area (Å²) in [6.07, 6.45) is 3.61. The van der Waals surface area contributed by atoms with Gasteiger partial charge in [0.25, 0.3) is 5.91 Å². The predicted octanol–water partition coefficient (Wildman–Crippen LogP) is 2.20. The van der Waals surface area contributed by atoms with E-state index in [0.29, 0.717) is 17.9 Å². The number of ether oxygens (including phenoxy) is 1. The number of aromatic nitrogens is 1. The topological polar surface area (TPSA) is 198 Å². The lowest BCUT2D eigenvalue weighted by molar-refractivity contribution is -0.168. The Morgan fingerprint density at radius 2 is 1.85 bits per heavy atom. The number of nitrogens with one attached hydrogen (secondary N) is 2. The van der Waals surface area contributed by atoms with Crippen LogP contribution in [0.3, 0.4) is 0 Å². The van der Waals surface area contributed by atoms with E-state index in [1.165, 1.54) is 30.3 Å². The Labute approximate surface area is 239 Å². The first kappa shape index (κ1) is 33.3. The van der Waals surface area contributed by atoms with Gasteiger partial charge in [0.05, 0.1) is 41.4 Å². The molecular formula is C27H37N5O8S. The van der Waals surface area contributed by atoms with Crippen LogP contribution in [-0.4, -0.2) is 67.2 Å². The predicted molar refractivity (Wildman–Crippen MR) is 149 cm³/mol. The number of benzene rings is 1. The molecule has 3 amide bonds. The van der Waals surface area contributed by atoms with Gasteiger partial charge in [0.1, 0.15) is 5.69 Å². The van der Waals surface area contributed by atoms with Crippen molar-refractivity contribution in [2.75, 3.05) is 13.3 Å². The molecule has 0 bridgehead atoms. The van der Waals surface area contributed by atoms with Crippen molar-refractivity contribution < 1.29 is 37.5 Å². The molecular weight excluding hydrogens is 554 g/mol. The fourth-order valence-corrected chi connectivity index (χ4v) is 4.83. The number of carbonyl (C=O) groups is 4. The summed E-state index contributed by atoms with van der Waals surface area (Å²) in [6.45, 7) is 5.21. The fraction of sp³-hybridized carbons (Fsp3) is 0.444. The number of hydroxylamine groups is 2. The van der Waals surface area contributed by atoms with E-state index in [9.17, 15) is 32.8 Å². The molecule has 0 saturated carbocycles. The van der Waals surface area contributed by atoms with Crippen LogP contribution in [0.15, 0.2) is 41.3 Å². The quantitative estimate of drug-likeness (QED) is 0.0564. The molecule has 2 aromatic rings. The number of amides is 3. The highest BCUT2D eigenvalue weighted by atomic mass is 32.2. The van der Waals surface area contributed by atoms with Gasteiger partial charge >= 0.3 is 5.97 Å². The molecule has 0 unspecified atom stereocenters. The minimum Gasteiger partial charge on any atom is -0.462 e. The molecule has 1 aromatic carbocycles. The molecule has 5 N–H and O–H groups in total. The van der Waals surface area contributed by atoms with E-state index in [-0.39, 0.29) is 47.1 Å². The number of esters is 1. The maximum atomic E-state index is 12.9. The largest absolute Gasteiger partial charge is 0.462 e. The van der Waals surface area contributed by atoms with Crippen LogP contribution in [0.4, 0.5) is 0 Å². The second-order valence-corrected chi connectivity index (χ2v) is 10.8. The molecule has 2 atom stereocenters. The summed E-state index contributed by atoms with van der Waals surface area (Å²) in [7, 11) is -4.17. The van der Waals surface area contributed by atoms with Crippen molar-refractivity contribution in [2.45, 2.75) is 63.8 Å². The van der Waals surface area contributed by atoms with E-state index >= 15 is 0 Å². The first-order valence-electron chi connectivity index (χ1n) is 13.3. The van der Waals surface area contributed by atoms with Crippen molar-refractivity contribution in [1.29, 1.82) is 0 Å². The van der Waals surface area contributed by atoms with Crippen molar-refractivity contribution in [2.24, 2.45) is 11.1 Å². The van der Waals surface area contributed by atoms with Crippen LogP contribution < -0.4 is 15.8 Å². The number of pyridine rings is 1. The molecule has 41 heavy (non-hydrogen) atoms. The van der Waals surface area contributed by atoms with E-state index in [1.54, 1.807) is 13.8 Å². The molecule has 0 aliphatic heterocycles. The van der Waals surface area contributed by atoms with Gasteiger partial charge in [-0.1, -0.05) is 39.2 Å². The van der Waals surface area contributed by atoms with Crippen LogP contribution in [0.1, 0.15) is 73.7 Å². The first-order valence-corrected chi connectivity index (χ1v) is 14.8. The Hall–Kier alpha value is -3.88. The zero-order valence-electron chi connectivity index (χ0n) is 23.3. The van der Waals surface area contributed by atoms with Crippen molar-refractivity contribution in [1.82, 2.24) is 20.7 Å². The van der Waals surface area contributed by atoms with Crippen molar-refractivity contribution in [3.63, 3.8) is 0 Å². The number of unbranched alkanes of at least 4 members (excludes halogenated alkanes) is 2. The monoisotopic (exact) mass is 591 g/mol. The molecule has 224 valence electrons. The summed E-state index contributed by atoms with van der Waals surface area (Å²) >= 11 is 0. The van der Waals surface area contributed by atoms with Gasteiger partial charge in [0.15, 0.2) is 0 Å². The number of hydrogen-bond acceptors (Lipinski definition) is 9. The Morgan fingerprint density at radius 3 is 2.46 bits per heavy atom. The van der Waals surface area contributed by atoms with E-state index in [0.717, 1.165) is 25.3 Å².